The molecule has 0 fully saturated rings. The molecule has 0 aromatic heterocycles. The summed E-state index contributed by atoms with van der Waals surface area (Å²) in [5, 5.41) is 2.84. The van der Waals surface area contributed by atoms with Crippen LogP contribution in [0.2, 0.25) is 0 Å². The number of nitrogens with zero attached hydrogens (tertiary/aromatic N) is 1. The lowest BCUT2D eigenvalue weighted by molar-refractivity contribution is 0.258. The van der Waals surface area contributed by atoms with Crippen molar-refractivity contribution < 1.29 is 4.79 Å². The third-order valence-corrected chi connectivity index (χ3v) is 3.36. The molecule has 0 bridgehead atoms. The number of thiocarbonyl (C=S) groups is 1. The standard InChI is InChI=1S/C16H17N3OS/c1-11-6-8-13(9-7-11)18-16(20)19(2)14-5-3-4-12(10-14)15(17)21/h3-10H,1-2H3,(H2,17,21)(H,18,20). The average molecular weight is 299 g/mol. The zero-order valence-corrected chi connectivity index (χ0v) is 12.8. The Balaban J connectivity index is 2.13. The molecular formula is C16H17N3OS. The zero-order chi connectivity index (χ0) is 15.4. The first-order valence-corrected chi connectivity index (χ1v) is 6.89. The van der Waals surface area contributed by atoms with Crippen molar-refractivity contribution in [2.24, 2.45) is 5.73 Å². The Labute approximate surface area is 129 Å². The summed E-state index contributed by atoms with van der Waals surface area (Å²) in [5.74, 6) is 0. The Morgan fingerprint density at radius 3 is 2.48 bits per heavy atom. The predicted molar refractivity (Wildman–Crippen MR) is 90.9 cm³/mol. The number of hydrogen-bond donors (Lipinski definition) is 2. The van der Waals surface area contributed by atoms with Gasteiger partial charge in [0.1, 0.15) is 4.99 Å². The van der Waals surface area contributed by atoms with E-state index in [1.54, 1.807) is 13.1 Å². The molecule has 0 atom stereocenters. The van der Waals surface area contributed by atoms with Crippen molar-refractivity contribution in [2.75, 3.05) is 17.3 Å². The molecule has 0 saturated heterocycles. The average Bonchev–Trinajstić information content (AvgIpc) is 2.49. The third-order valence-electron chi connectivity index (χ3n) is 3.13. The maximum atomic E-state index is 12.2. The smallest absolute Gasteiger partial charge is 0.326 e. The summed E-state index contributed by atoms with van der Waals surface area (Å²) in [5.41, 5.74) is 8.97. The number of carbonyl (C=O) groups excluding carboxylic acids is 1. The Hall–Kier alpha value is -2.40. The lowest BCUT2D eigenvalue weighted by Gasteiger charge is -2.19. The second kappa shape index (κ2) is 6.37. The number of carbonyl (C=O) groups is 1. The molecule has 5 heteroatoms. The van der Waals surface area contributed by atoms with Crippen LogP contribution in [0, 0.1) is 6.92 Å². The molecule has 0 saturated carbocycles. The quantitative estimate of drug-likeness (QED) is 0.855. The minimum Gasteiger partial charge on any atom is -0.389 e. The number of benzene rings is 2. The summed E-state index contributed by atoms with van der Waals surface area (Å²) < 4.78 is 0. The van der Waals surface area contributed by atoms with Crippen molar-refractivity contribution in [3.63, 3.8) is 0 Å². The number of nitrogens with one attached hydrogen (secondary N) is 1. The van der Waals surface area contributed by atoms with Crippen LogP contribution in [-0.4, -0.2) is 18.1 Å². The van der Waals surface area contributed by atoms with Crippen LogP contribution in [0.15, 0.2) is 48.5 Å². The fourth-order valence-electron chi connectivity index (χ4n) is 1.83. The van der Waals surface area contributed by atoms with Gasteiger partial charge in [-0.05, 0) is 31.2 Å². The van der Waals surface area contributed by atoms with Crippen LogP contribution >= 0.6 is 12.2 Å². The largest absolute Gasteiger partial charge is 0.389 e. The second-order valence-corrected chi connectivity index (χ2v) is 5.21. The summed E-state index contributed by atoms with van der Waals surface area (Å²) in [6.45, 7) is 2.00. The number of anilines is 2. The van der Waals surface area contributed by atoms with E-state index in [1.807, 2.05) is 49.4 Å². The van der Waals surface area contributed by atoms with E-state index in [0.29, 0.717) is 4.99 Å². The molecule has 0 aliphatic heterocycles. The maximum absolute atomic E-state index is 12.2. The molecule has 2 rings (SSSR count). The molecule has 0 unspecified atom stereocenters. The van der Waals surface area contributed by atoms with Gasteiger partial charge in [-0.1, -0.05) is 42.0 Å². The summed E-state index contributed by atoms with van der Waals surface area (Å²) >= 11 is 4.95. The highest BCUT2D eigenvalue weighted by Gasteiger charge is 2.11. The van der Waals surface area contributed by atoms with E-state index in [2.05, 4.69) is 5.32 Å². The van der Waals surface area contributed by atoms with Crippen LogP contribution in [0.3, 0.4) is 0 Å². The number of aryl methyl sites for hydroxylation is 1. The Morgan fingerprint density at radius 2 is 1.86 bits per heavy atom. The predicted octanol–water partition coefficient (Wildman–Crippen LogP) is 3.30. The molecular weight excluding hydrogens is 282 g/mol. The van der Waals surface area contributed by atoms with Crippen LogP contribution in [0.5, 0.6) is 0 Å². The molecule has 0 aliphatic carbocycles. The first-order chi connectivity index (χ1) is 9.97. The van der Waals surface area contributed by atoms with Crippen LogP contribution in [-0.2, 0) is 0 Å². The molecule has 0 aliphatic rings. The Morgan fingerprint density at radius 1 is 1.19 bits per heavy atom. The summed E-state index contributed by atoms with van der Waals surface area (Å²) in [6.07, 6.45) is 0. The van der Waals surface area contributed by atoms with Crippen LogP contribution in [0.1, 0.15) is 11.1 Å². The van der Waals surface area contributed by atoms with Gasteiger partial charge < -0.3 is 11.1 Å². The first-order valence-electron chi connectivity index (χ1n) is 6.48. The number of amides is 2. The van der Waals surface area contributed by atoms with E-state index in [1.165, 1.54) is 4.90 Å². The molecule has 4 nitrogen and oxygen atoms in total. The Kier molecular flexibility index (Phi) is 4.55. The van der Waals surface area contributed by atoms with Crippen LogP contribution < -0.4 is 16.0 Å². The SMILES string of the molecule is Cc1ccc(NC(=O)N(C)c2cccc(C(N)=S)c2)cc1. The van der Waals surface area contributed by atoms with E-state index < -0.39 is 0 Å². The van der Waals surface area contributed by atoms with Gasteiger partial charge in [-0.2, -0.15) is 0 Å². The van der Waals surface area contributed by atoms with Crippen molar-refractivity contribution in [1.82, 2.24) is 0 Å². The molecule has 108 valence electrons. The van der Waals surface area contributed by atoms with Crippen molar-refractivity contribution in [1.29, 1.82) is 0 Å². The lowest BCUT2D eigenvalue weighted by Crippen LogP contribution is -2.31. The van der Waals surface area contributed by atoms with E-state index >= 15 is 0 Å². The fraction of sp³-hybridized carbons (Fsp3) is 0.125. The molecule has 2 aromatic carbocycles. The van der Waals surface area contributed by atoms with Gasteiger partial charge in [-0.25, -0.2) is 4.79 Å². The summed E-state index contributed by atoms with van der Waals surface area (Å²) in [7, 11) is 1.70. The number of nitrogens with two attached hydrogens (primary N) is 1. The molecule has 0 heterocycles. The molecule has 0 radical (unpaired) electrons. The van der Waals surface area contributed by atoms with Crippen LogP contribution in [0.25, 0.3) is 0 Å². The van der Waals surface area contributed by atoms with Gasteiger partial charge in [0, 0.05) is 24.0 Å². The van der Waals surface area contributed by atoms with Gasteiger partial charge in [-0.3, -0.25) is 4.90 Å². The van der Waals surface area contributed by atoms with Crippen molar-refractivity contribution in [3.05, 3.63) is 59.7 Å². The highest BCUT2D eigenvalue weighted by atomic mass is 32.1. The minimum absolute atomic E-state index is 0.223. The third kappa shape index (κ3) is 3.79. The highest BCUT2D eigenvalue weighted by Crippen LogP contribution is 2.17. The second-order valence-electron chi connectivity index (χ2n) is 4.77. The van der Waals surface area contributed by atoms with Gasteiger partial charge in [0.25, 0.3) is 0 Å². The molecule has 3 N–H and O–H groups in total. The monoisotopic (exact) mass is 299 g/mol. The van der Waals surface area contributed by atoms with E-state index in [9.17, 15) is 4.79 Å². The van der Waals surface area contributed by atoms with Gasteiger partial charge in [0.15, 0.2) is 0 Å². The normalized spacial score (nSPS) is 10.0. The molecule has 21 heavy (non-hydrogen) atoms. The van der Waals surface area contributed by atoms with Crippen molar-refractivity contribution >= 4 is 34.6 Å². The Bertz CT molecular complexity index is 667. The van der Waals surface area contributed by atoms with E-state index in [0.717, 1.165) is 22.5 Å². The minimum atomic E-state index is -0.223. The molecule has 2 aromatic rings. The zero-order valence-electron chi connectivity index (χ0n) is 12.0. The van der Waals surface area contributed by atoms with Gasteiger partial charge in [0.05, 0.1) is 0 Å². The van der Waals surface area contributed by atoms with Gasteiger partial charge in [0.2, 0.25) is 0 Å². The first kappa shape index (κ1) is 15.0. The van der Waals surface area contributed by atoms with Crippen LogP contribution in [0.4, 0.5) is 16.2 Å². The highest BCUT2D eigenvalue weighted by molar-refractivity contribution is 7.80. The number of urea groups is 1. The number of rotatable bonds is 3. The summed E-state index contributed by atoms with van der Waals surface area (Å²) in [6, 6.07) is 14.7. The van der Waals surface area contributed by atoms with E-state index in [-0.39, 0.29) is 6.03 Å². The van der Waals surface area contributed by atoms with Gasteiger partial charge >= 0.3 is 6.03 Å². The van der Waals surface area contributed by atoms with Crippen molar-refractivity contribution in [3.8, 4) is 0 Å². The molecule has 2 amide bonds. The summed E-state index contributed by atoms with van der Waals surface area (Å²) in [4.78, 5) is 14.1. The van der Waals surface area contributed by atoms with Crippen molar-refractivity contribution in [2.45, 2.75) is 6.92 Å². The van der Waals surface area contributed by atoms with E-state index in [4.69, 9.17) is 18.0 Å². The number of hydrogen-bond acceptors (Lipinski definition) is 2. The van der Waals surface area contributed by atoms with Gasteiger partial charge in [-0.15, -0.1) is 0 Å². The topological polar surface area (TPSA) is 58.4 Å². The lowest BCUT2D eigenvalue weighted by atomic mass is 10.2. The maximum Gasteiger partial charge on any atom is 0.326 e. The fourth-order valence-corrected chi connectivity index (χ4v) is 1.96. The molecule has 0 spiro atoms.